The number of anilines is 1. The number of pyridine rings is 1. The molecule has 0 bridgehead atoms. The van der Waals surface area contributed by atoms with Crippen molar-refractivity contribution >= 4 is 11.7 Å². The van der Waals surface area contributed by atoms with E-state index in [1.165, 1.54) is 4.90 Å². The lowest BCUT2D eigenvalue weighted by Gasteiger charge is -2.11. The van der Waals surface area contributed by atoms with Crippen LogP contribution in [0.5, 0.6) is 0 Å². The Morgan fingerprint density at radius 3 is 2.77 bits per heavy atom. The average molecular weight is 179 g/mol. The minimum absolute atomic E-state index is 0.134. The molecule has 0 aliphatic carbocycles. The van der Waals surface area contributed by atoms with Crippen LogP contribution >= 0.6 is 0 Å². The van der Waals surface area contributed by atoms with Gasteiger partial charge in [0, 0.05) is 31.7 Å². The van der Waals surface area contributed by atoms with E-state index in [4.69, 9.17) is 0 Å². The predicted octanol–water partition coefficient (Wildman–Crippen LogP) is 1.48. The molecule has 0 aromatic carbocycles. The second-order valence-electron chi connectivity index (χ2n) is 3.01. The fraction of sp³-hybridized carbons (Fsp3) is 0.333. The summed E-state index contributed by atoms with van der Waals surface area (Å²) < 4.78 is 0. The van der Waals surface area contributed by atoms with Gasteiger partial charge in [0.05, 0.1) is 0 Å². The summed E-state index contributed by atoms with van der Waals surface area (Å²) in [4.78, 5) is 16.7. The van der Waals surface area contributed by atoms with E-state index in [0.29, 0.717) is 0 Å². The largest absolute Gasteiger partial charge is 0.331 e. The first-order chi connectivity index (χ1) is 6.09. The highest BCUT2D eigenvalue weighted by Gasteiger charge is 2.02. The Balaban J connectivity index is 2.69. The maximum Gasteiger partial charge on any atom is 0.321 e. The van der Waals surface area contributed by atoms with Gasteiger partial charge < -0.3 is 10.2 Å². The number of rotatable bonds is 1. The number of carbonyl (C=O) groups excluding carboxylic acids is 1. The van der Waals surface area contributed by atoms with Gasteiger partial charge in [0.25, 0.3) is 0 Å². The van der Waals surface area contributed by atoms with Crippen LogP contribution in [0.1, 0.15) is 5.69 Å². The average Bonchev–Trinajstić information content (AvgIpc) is 2.04. The molecule has 0 saturated carbocycles. The maximum absolute atomic E-state index is 11.2. The summed E-state index contributed by atoms with van der Waals surface area (Å²) in [6.45, 7) is 1.88. The molecule has 0 aliphatic heterocycles. The lowest BCUT2D eigenvalue weighted by atomic mass is 10.3. The van der Waals surface area contributed by atoms with Gasteiger partial charge in [-0.25, -0.2) is 4.79 Å². The maximum atomic E-state index is 11.2. The Labute approximate surface area is 77.6 Å². The van der Waals surface area contributed by atoms with Crippen molar-refractivity contribution in [2.75, 3.05) is 19.4 Å². The van der Waals surface area contributed by atoms with Gasteiger partial charge in [-0.2, -0.15) is 0 Å². The number of hydrogen-bond donors (Lipinski definition) is 1. The Morgan fingerprint density at radius 2 is 2.23 bits per heavy atom. The smallest absolute Gasteiger partial charge is 0.321 e. The quantitative estimate of drug-likeness (QED) is 0.709. The lowest BCUT2D eigenvalue weighted by Crippen LogP contribution is -2.27. The molecule has 2 amide bonds. The summed E-state index contributed by atoms with van der Waals surface area (Å²) >= 11 is 0. The molecule has 4 heteroatoms. The highest BCUT2D eigenvalue weighted by molar-refractivity contribution is 5.88. The first kappa shape index (κ1) is 9.51. The third-order valence-electron chi connectivity index (χ3n) is 1.55. The van der Waals surface area contributed by atoms with Crippen molar-refractivity contribution in [1.82, 2.24) is 9.88 Å². The van der Waals surface area contributed by atoms with Crippen LogP contribution < -0.4 is 5.32 Å². The fourth-order valence-corrected chi connectivity index (χ4v) is 0.859. The van der Waals surface area contributed by atoms with Crippen LogP contribution in [0.25, 0.3) is 0 Å². The van der Waals surface area contributed by atoms with Crippen molar-refractivity contribution in [3.05, 3.63) is 24.0 Å². The van der Waals surface area contributed by atoms with E-state index in [2.05, 4.69) is 10.3 Å². The highest BCUT2D eigenvalue weighted by Crippen LogP contribution is 2.07. The van der Waals surface area contributed by atoms with Gasteiger partial charge in [-0.3, -0.25) is 4.98 Å². The van der Waals surface area contributed by atoms with Crippen molar-refractivity contribution in [3.8, 4) is 0 Å². The molecular weight excluding hydrogens is 166 g/mol. The molecule has 0 radical (unpaired) electrons. The summed E-state index contributed by atoms with van der Waals surface area (Å²) in [7, 11) is 3.40. The molecule has 70 valence electrons. The number of hydrogen-bond acceptors (Lipinski definition) is 2. The molecule has 0 unspecified atom stereocenters. The first-order valence-electron chi connectivity index (χ1n) is 4.00. The van der Waals surface area contributed by atoms with Crippen molar-refractivity contribution < 1.29 is 4.79 Å². The second-order valence-corrected chi connectivity index (χ2v) is 3.01. The van der Waals surface area contributed by atoms with Crippen LogP contribution in [-0.4, -0.2) is 30.0 Å². The van der Waals surface area contributed by atoms with Crippen LogP contribution in [0.4, 0.5) is 10.5 Å². The van der Waals surface area contributed by atoms with Crippen molar-refractivity contribution in [1.29, 1.82) is 0 Å². The van der Waals surface area contributed by atoms with Gasteiger partial charge in [-0.1, -0.05) is 0 Å². The summed E-state index contributed by atoms with van der Waals surface area (Å²) in [5, 5.41) is 2.73. The topological polar surface area (TPSA) is 45.2 Å². The molecule has 1 N–H and O–H groups in total. The van der Waals surface area contributed by atoms with Gasteiger partial charge in [-0.15, -0.1) is 0 Å². The summed E-state index contributed by atoms with van der Waals surface area (Å²) in [5.74, 6) is 0. The number of nitrogens with one attached hydrogen (secondary N) is 1. The van der Waals surface area contributed by atoms with Crippen molar-refractivity contribution in [2.45, 2.75) is 6.92 Å². The number of aromatic nitrogens is 1. The van der Waals surface area contributed by atoms with Gasteiger partial charge >= 0.3 is 6.03 Å². The number of aryl methyl sites for hydroxylation is 1. The first-order valence-corrected chi connectivity index (χ1v) is 4.00. The lowest BCUT2D eigenvalue weighted by molar-refractivity contribution is 0.230. The molecule has 0 fully saturated rings. The van der Waals surface area contributed by atoms with E-state index in [-0.39, 0.29) is 6.03 Å². The zero-order valence-corrected chi connectivity index (χ0v) is 8.03. The normalized spacial score (nSPS) is 9.46. The minimum atomic E-state index is -0.134. The molecule has 0 atom stereocenters. The summed E-state index contributed by atoms with van der Waals surface area (Å²) in [6.07, 6.45) is 1.67. The van der Waals surface area contributed by atoms with Crippen LogP contribution in [-0.2, 0) is 0 Å². The minimum Gasteiger partial charge on any atom is -0.331 e. The van der Waals surface area contributed by atoms with E-state index in [0.717, 1.165) is 11.4 Å². The SMILES string of the molecule is Cc1cc(NC(=O)N(C)C)ccn1. The van der Waals surface area contributed by atoms with Crippen LogP contribution in [0, 0.1) is 6.92 Å². The molecule has 1 heterocycles. The number of nitrogens with zero attached hydrogens (tertiary/aromatic N) is 2. The van der Waals surface area contributed by atoms with E-state index in [1.807, 2.05) is 13.0 Å². The number of carbonyl (C=O) groups is 1. The zero-order chi connectivity index (χ0) is 9.84. The van der Waals surface area contributed by atoms with Crippen LogP contribution in [0.3, 0.4) is 0 Å². The van der Waals surface area contributed by atoms with Gasteiger partial charge in [0.2, 0.25) is 0 Å². The third-order valence-corrected chi connectivity index (χ3v) is 1.55. The predicted molar refractivity (Wildman–Crippen MR) is 51.7 cm³/mol. The Morgan fingerprint density at radius 1 is 1.54 bits per heavy atom. The number of amides is 2. The Bertz CT molecular complexity index is 309. The fourth-order valence-electron chi connectivity index (χ4n) is 0.859. The van der Waals surface area contributed by atoms with E-state index >= 15 is 0 Å². The zero-order valence-electron chi connectivity index (χ0n) is 8.03. The second kappa shape index (κ2) is 3.89. The van der Waals surface area contributed by atoms with E-state index in [1.54, 1.807) is 26.4 Å². The van der Waals surface area contributed by atoms with Crippen molar-refractivity contribution in [2.24, 2.45) is 0 Å². The third kappa shape index (κ3) is 2.74. The molecule has 1 rings (SSSR count). The summed E-state index contributed by atoms with van der Waals surface area (Å²) in [5.41, 5.74) is 1.66. The van der Waals surface area contributed by atoms with E-state index < -0.39 is 0 Å². The molecule has 0 saturated heterocycles. The monoisotopic (exact) mass is 179 g/mol. The summed E-state index contributed by atoms with van der Waals surface area (Å²) in [6, 6.07) is 3.45. The highest BCUT2D eigenvalue weighted by atomic mass is 16.2. The van der Waals surface area contributed by atoms with E-state index in [9.17, 15) is 4.79 Å². The van der Waals surface area contributed by atoms with Crippen LogP contribution in [0.2, 0.25) is 0 Å². The van der Waals surface area contributed by atoms with Crippen LogP contribution in [0.15, 0.2) is 18.3 Å². The molecule has 0 spiro atoms. The Kier molecular flexibility index (Phi) is 2.84. The standard InChI is InChI=1S/C9H13N3O/c1-7-6-8(4-5-10-7)11-9(13)12(2)3/h4-6H,1-3H3,(H,10,11,13). The van der Waals surface area contributed by atoms with Gasteiger partial charge in [-0.05, 0) is 19.1 Å². The molecular formula is C9H13N3O. The van der Waals surface area contributed by atoms with Gasteiger partial charge in [0.1, 0.15) is 0 Å². The van der Waals surface area contributed by atoms with Crippen molar-refractivity contribution in [3.63, 3.8) is 0 Å². The molecule has 13 heavy (non-hydrogen) atoms. The molecule has 4 nitrogen and oxygen atoms in total. The van der Waals surface area contributed by atoms with Gasteiger partial charge in [0.15, 0.2) is 0 Å². The molecule has 1 aromatic heterocycles. The molecule has 0 aliphatic rings. The number of urea groups is 1. The molecule has 1 aromatic rings. The Hall–Kier alpha value is -1.58.